The van der Waals surface area contributed by atoms with E-state index in [4.69, 9.17) is 13.9 Å². The van der Waals surface area contributed by atoms with Gasteiger partial charge in [-0.15, -0.1) is 0 Å². The summed E-state index contributed by atoms with van der Waals surface area (Å²) in [6.07, 6.45) is -2.97. The second-order valence-corrected chi connectivity index (χ2v) is 6.14. The summed E-state index contributed by atoms with van der Waals surface area (Å²) in [5.41, 5.74) is -1.06. The predicted octanol–water partition coefficient (Wildman–Crippen LogP) is 3.87. The third-order valence-electron chi connectivity index (χ3n) is 4.37. The van der Waals surface area contributed by atoms with E-state index in [1.54, 1.807) is 6.07 Å². The van der Waals surface area contributed by atoms with Gasteiger partial charge in [-0.2, -0.15) is 13.2 Å². The Balaban J connectivity index is 1.80. The number of furan rings is 1. The van der Waals surface area contributed by atoms with Gasteiger partial charge >= 0.3 is 12.2 Å². The number of carbonyl (C=O) groups is 1. The zero-order valence-corrected chi connectivity index (χ0v) is 15.4. The summed E-state index contributed by atoms with van der Waals surface area (Å²) in [6, 6.07) is 3.42. The lowest BCUT2D eigenvalue weighted by Crippen LogP contribution is -2.45. The van der Waals surface area contributed by atoms with Crippen molar-refractivity contribution >= 4 is 11.7 Å². The maximum atomic E-state index is 12.8. The number of pyridine rings is 1. The molecule has 0 spiro atoms. The van der Waals surface area contributed by atoms with Gasteiger partial charge in [-0.25, -0.2) is 9.78 Å². The molecular formula is C18H20F3N3O4. The molecule has 2 amide bonds. The van der Waals surface area contributed by atoms with Crippen molar-refractivity contribution in [2.45, 2.75) is 25.6 Å². The first-order valence-corrected chi connectivity index (χ1v) is 8.68. The first-order valence-electron chi connectivity index (χ1n) is 8.68. The molecule has 2 aromatic rings. The second kappa shape index (κ2) is 8.09. The first kappa shape index (κ1) is 20.0. The molecule has 0 radical (unpaired) electrons. The number of aromatic nitrogens is 1. The Morgan fingerprint density at radius 3 is 2.86 bits per heavy atom. The van der Waals surface area contributed by atoms with Crippen LogP contribution in [0.25, 0.3) is 0 Å². The number of rotatable bonds is 4. The lowest BCUT2D eigenvalue weighted by Gasteiger charge is -2.34. The third-order valence-corrected chi connectivity index (χ3v) is 4.37. The fourth-order valence-electron chi connectivity index (χ4n) is 2.89. The van der Waals surface area contributed by atoms with Crippen LogP contribution in [0.1, 0.15) is 30.2 Å². The lowest BCUT2D eigenvalue weighted by molar-refractivity contribution is -0.141. The Kier molecular flexibility index (Phi) is 5.78. The van der Waals surface area contributed by atoms with Gasteiger partial charge in [-0.1, -0.05) is 6.92 Å². The zero-order valence-electron chi connectivity index (χ0n) is 15.4. The van der Waals surface area contributed by atoms with Crippen molar-refractivity contribution in [3.8, 4) is 5.75 Å². The molecule has 152 valence electrons. The van der Waals surface area contributed by atoms with Crippen LogP contribution in [0.2, 0.25) is 0 Å². The van der Waals surface area contributed by atoms with E-state index in [0.717, 1.165) is 18.0 Å². The maximum absolute atomic E-state index is 12.8. The van der Waals surface area contributed by atoms with Gasteiger partial charge in [0.1, 0.15) is 34.7 Å². The summed E-state index contributed by atoms with van der Waals surface area (Å²) in [5, 5.41) is 2.57. The minimum absolute atomic E-state index is 0.0411. The number of morpholine rings is 1. The average molecular weight is 399 g/mol. The molecule has 1 aliphatic rings. The zero-order chi connectivity index (χ0) is 20.3. The Morgan fingerprint density at radius 2 is 2.21 bits per heavy atom. The van der Waals surface area contributed by atoms with E-state index in [0.29, 0.717) is 25.3 Å². The molecule has 1 N–H and O–H groups in total. The van der Waals surface area contributed by atoms with Crippen LogP contribution >= 0.6 is 0 Å². The molecule has 1 fully saturated rings. The van der Waals surface area contributed by atoms with Crippen molar-refractivity contribution in [1.29, 1.82) is 0 Å². The van der Waals surface area contributed by atoms with Crippen molar-refractivity contribution in [3.63, 3.8) is 0 Å². The molecule has 0 unspecified atom stereocenters. The minimum atomic E-state index is -4.61. The van der Waals surface area contributed by atoms with Crippen molar-refractivity contribution in [2.75, 3.05) is 32.2 Å². The molecule has 10 heteroatoms. The quantitative estimate of drug-likeness (QED) is 0.845. The lowest BCUT2D eigenvalue weighted by atomic mass is 10.2. The number of nitrogens with zero attached hydrogens (tertiary/aromatic N) is 2. The number of methoxy groups -OCH3 is 1. The fraction of sp³-hybridized carbons (Fsp3) is 0.444. The molecule has 3 rings (SSSR count). The third kappa shape index (κ3) is 4.22. The van der Waals surface area contributed by atoms with Crippen LogP contribution in [0.5, 0.6) is 5.75 Å². The number of hydrogen-bond donors (Lipinski definition) is 1. The van der Waals surface area contributed by atoms with Crippen LogP contribution in [-0.2, 0) is 17.3 Å². The van der Waals surface area contributed by atoms with Crippen molar-refractivity contribution in [2.24, 2.45) is 0 Å². The van der Waals surface area contributed by atoms with E-state index in [1.165, 1.54) is 12.0 Å². The van der Waals surface area contributed by atoms with E-state index >= 15 is 0 Å². The molecule has 2 aromatic heterocycles. The average Bonchev–Trinajstić information content (AvgIpc) is 3.16. The smallest absolute Gasteiger partial charge is 0.433 e. The molecule has 0 aromatic carbocycles. The van der Waals surface area contributed by atoms with Crippen LogP contribution in [0.15, 0.2) is 28.8 Å². The van der Waals surface area contributed by atoms with E-state index in [9.17, 15) is 18.0 Å². The highest BCUT2D eigenvalue weighted by Gasteiger charge is 2.34. The van der Waals surface area contributed by atoms with E-state index in [2.05, 4.69) is 10.3 Å². The van der Waals surface area contributed by atoms with Gasteiger partial charge in [0.2, 0.25) is 0 Å². The van der Waals surface area contributed by atoms with Gasteiger partial charge < -0.3 is 24.1 Å². The molecule has 0 saturated carbocycles. The SMILES string of the molecule is CCc1ccc([C@H]2COCCN2C(=O)Nc2cnc(C(F)(F)F)cc2OC)o1. The van der Waals surface area contributed by atoms with Gasteiger partial charge in [-0.05, 0) is 12.1 Å². The molecule has 7 nitrogen and oxygen atoms in total. The highest BCUT2D eigenvalue weighted by Crippen LogP contribution is 2.34. The molecule has 1 aliphatic heterocycles. The number of carbonyl (C=O) groups excluding carboxylic acids is 1. The Labute approximate surface area is 159 Å². The topological polar surface area (TPSA) is 76.8 Å². The summed E-state index contributed by atoms with van der Waals surface area (Å²) in [7, 11) is 1.22. The van der Waals surface area contributed by atoms with Gasteiger partial charge in [0.05, 0.1) is 26.5 Å². The number of amides is 2. The first-order chi connectivity index (χ1) is 13.3. The molecular weight excluding hydrogens is 379 g/mol. The molecule has 0 bridgehead atoms. The van der Waals surface area contributed by atoms with Crippen LogP contribution in [-0.4, -0.2) is 42.8 Å². The summed E-state index contributed by atoms with van der Waals surface area (Å²) in [5.74, 6) is 1.24. The normalized spacial score (nSPS) is 17.5. The van der Waals surface area contributed by atoms with Crippen molar-refractivity contribution < 1.29 is 31.9 Å². The highest BCUT2D eigenvalue weighted by molar-refractivity contribution is 5.91. The summed E-state index contributed by atoms with van der Waals surface area (Å²) < 4.78 is 54.6. The molecule has 28 heavy (non-hydrogen) atoms. The standard InChI is InChI=1S/C18H20F3N3O4/c1-3-11-4-5-14(28-11)13-10-27-7-6-24(13)17(25)23-12-9-22-16(18(19,20)21)8-15(12)26-2/h4-5,8-9,13H,3,6-7,10H2,1-2H3,(H,23,25)/t13-/m1/s1. The van der Waals surface area contributed by atoms with Gasteiger partial charge in [0, 0.05) is 19.0 Å². The Hall–Kier alpha value is -2.75. The van der Waals surface area contributed by atoms with Crippen LogP contribution < -0.4 is 10.1 Å². The second-order valence-electron chi connectivity index (χ2n) is 6.14. The summed E-state index contributed by atoms with van der Waals surface area (Å²) >= 11 is 0. The Bertz CT molecular complexity index is 838. The highest BCUT2D eigenvalue weighted by atomic mass is 19.4. The maximum Gasteiger partial charge on any atom is 0.433 e. The number of aryl methyl sites for hydroxylation is 1. The predicted molar refractivity (Wildman–Crippen MR) is 93.2 cm³/mol. The number of alkyl halides is 3. The Morgan fingerprint density at radius 1 is 1.43 bits per heavy atom. The monoisotopic (exact) mass is 399 g/mol. The van der Waals surface area contributed by atoms with Crippen LogP contribution in [0.3, 0.4) is 0 Å². The number of halogens is 3. The van der Waals surface area contributed by atoms with E-state index in [1.807, 2.05) is 13.0 Å². The molecule has 1 saturated heterocycles. The molecule has 1 atom stereocenters. The van der Waals surface area contributed by atoms with Gasteiger partial charge in [0.25, 0.3) is 0 Å². The van der Waals surface area contributed by atoms with Gasteiger partial charge in [-0.3, -0.25) is 0 Å². The number of hydrogen-bond acceptors (Lipinski definition) is 5. The molecule has 0 aliphatic carbocycles. The van der Waals surface area contributed by atoms with Crippen molar-refractivity contribution in [1.82, 2.24) is 9.88 Å². The van der Waals surface area contributed by atoms with Crippen LogP contribution in [0.4, 0.5) is 23.7 Å². The summed E-state index contributed by atoms with van der Waals surface area (Å²) in [6.45, 7) is 2.85. The van der Waals surface area contributed by atoms with E-state index < -0.39 is 23.9 Å². The van der Waals surface area contributed by atoms with E-state index in [-0.39, 0.29) is 18.0 Å². The number of anilines is 1. The summed E-state index contributed by atoms with van der Waals surface area (Å²) in [4.78, 5) is 17.7. The van der Waals surface area contributed by atoms with Crippen molar-refractivity contribution in [3.05, 3.63) is 41.6 Å². The van der Waals surface area contributed by atoms with Gasteiger partial charge in [0.15, 0.2) is 0 Å². The molecule has 3 heterocycles. The number of nitrogens with one attached hydrogen (secondary N) is 1. The van der Waals surface area contributed by atoms with Crippen LogP contribution in [0, 0.1) is 0 Å². The number of urea groups is 1. The minimum Gasteiger partial charge on any atom is -0.494 e. The fourth-order valence-corrected chi connectivity index (χ4v) is 2.89. The largest absolute Gasteiger partial charge is 0.494 e. The number of ether oxygens (including phenoxy) is 2.